The number of nitrogens with one attached hydrogen (secondary N) is 2. The highest BCUT2D eigenvalue weighted by Crippen LogP contribution is 1.95. The first-order chi connectivity index (χ1) is 4.72. The highest BCUT2D eigenvalue weighted by molar-refractivity contribution is 5.96. The summed E-state index contributed by atoms with van der Waals surface area (Å²) < 4.78 is 0. The Balaban J connectivity index is 3.95. The molecule has 10 heavy (non-hydrogen) atoms. The molecule has 0 fully saturated rings. The monoisotopic (exact) mass is 136 g/mol. The maximum atomic E-state index is 7.34. The Morgan fingerprint density at radius 2 is 2.40 bits per heavy atom. The van der Waals surface area contributed by atoms with Gasteiger partial charge in [0.25, 0.3) is 0 Å². The molecule has 0 rings (SSSR count). The van der Waals surface area contributed by atoms with Crippen molar-refractivity contribution in [2.75, 3.05) is 0 Å². The standard InChI is InChI=1S/C8H12N2/c1-4-8(9)7(3)6-10-5-2/h2,6,9-10H,4H2,1,3H3/b7-6-,9-8?. The molecule has 0 atom stereocenters. The Bertz CT molecular complexity index is 184. The van der Waals surface area contributed by atoms with E-state index in [1.807, 2.05) is 13.8 Å². The molecule has 54 valence electrons. The van der Waals surface area contributed by atoms with Crippen molar-refractivity contribution in [2.24, 2.45) is 0 Å². The van der Waals surface area contributed by atoms with Gasteiger partial charge in [0.2, 0.25) is 0 Å². The lowest BCUT2D eigenvalue weighted by atomic mass is 10.1. The van der Waals surface area contributed by atoms with Crippen molar-refractivity contribution < 1.29 is 0 Å². The first-order valence-corrected chi connectivity index (χ1v) is 3.18. The van der Waals surface area contributed by atoms with Crippen LogP contribution in [0.5, 0.6) is 0 Å². The summed E-state index contributed by atoms with van der Waals surface area (Å²) in [5.41, 5.74) is 1.50. The van der Waals surface area contributed by atoms with Gasteiger partial charge in [0.15, 0.2) is 0 Å². The number of allylic oxidation sites excluding steroid dienone is 1. The molecule has 2 nitrogen and oxygen atoms in total. The summed E-state index contributed by atoms with van der Waals surface area (Å²) >= 11 is 0. The predicted octanol–water partition coefficient (Wildman–Crippen LogP) is 1.50. The fraction of sp³-hybridized carbons (Fsp3) is 0.375. The molecule has 0 bridgehead atoms. The lowest BCUT2D eigenvalue weighted by molar-refractivity contribution is 1.18. The van der Waals surface area contributed by atoms with Gasteiger partial charge in [0.1, 0.15) is 0 Å². The van der Waals surface area contributed by atoms with Gasteiger partial charge in [-0.15, -0.1) is 0 Å². The summed E-state index contributed by atoms with van der Waals surface area (Å²) in [4.78, 5) is 0. The van der Waals surface area contributed by atoms with E-state index in [-0.39, 0.29) is 0 Å². The van der Waals surface area contributed by atoms with Crippen LogP contribution in [-0.2, 0) is 0 Å². The Labute approximate surface area is 61.8 Å². The van der Waals surface area contributed by atoms with E-state index in [0.717, 1.165) is 12.0 Å². The predicted molar refractivity (Wildman–Crippen MR) is 43.7 cm³/mol. The van der Waals surface area contributed by atoms with Crippen LogP contribution >= 0.6 is 0 Å². The normalized spacial score (nSPS) is 10.3. The van der Waals surface area contributed by atoms with Crippen molar-refractivity contribution in [1.29, 1.82) is 5.41 Å². The Hall–Kier alpha value is -1.23. The molecular weight excluding hydrogens is 124 g/mol. The molecule has 2 N–H and O–H groups in total. The van der Waals surface area contributed by atoms with E-state index in [1.54, 1.807) is 6.20 Å². The summed E-state index contributed by atoms with van der Waals surface area (Å²) in [5, 5.41) is 9.93. The van der Waals surface area contributed by atoms with Crippen molar-refractivity contribution >= 4 is 5.71 Å². The molecule has 0 unspecified atom stereocenters. The summed E-state index contributed by atoms with van der Waals surface area (Å²) in [6.45, 7) is 3.80. The molecule has 0 amide bonds. The largest absolute Gasteiger partial charge is 0.322 e. The van der Waals surface area contributed by atoms with Crippen LogP contribution in [-0.4, -0.2) is 5.71 Å². The van der Waals surface area contributed by atoms with Crippen molar-refractivity contribution in [2.45, 2.75) is 20.3 Å². The Morgan fingerprint density at radius 3 is 2.80 bits per heavy atom. The summed E-state index contributed by atoms with van der Waals surface area (Å²) in [7, 11) is 0. The molecule has 2 heteroatoms. The highest BCUT2D eigenvalue weighted by atomic mass is 14.8. The minimum atomic E-state index is 0.614. The van der Waals surface area contributed by atoms with Crippen LogP contribution in [0.15, 0.2) is 11.8 Å². The SMILES string of the molecule is C#CN/C=C(/C)C(=N)CC. The van der Waals surface area contributed by atoms with Gasteiger partial charge in [0, 0.05) is 18.0 Å². The van der Waals surface area contributed by atoms with E-state index >= 15 is 0 Å². The van der Waals surface area contributed by atoms with Crippen LogP contribution in [0.1, 0.15) is 20.3 Å². The van der Waals surface area contributed by atoms with Crippen LogP contribution in [0.2, 0.25) is 0 Å². The molecule has 0 aromatic rings. The highest BCUT2D eigenvalue weighted by Gasteiger charge is 1.92. The average Bonchev–Trinajstić information content (AvgIpc) is 1.98. The van der Waals surface area contributed by atoms with Crippen LogP contribution < -0.4 is 5.32 Å². The van der Waals surface area contributed by atoms with Crippen molar-refractivity contribution in [3.8, 4) is 12.5 Å². The summed E-state index contributed by atoms with van der Waals surface area (Å²) in [6.07, 6.45) is 7.35. The fourth-order valence-electron chi connectivity index (χ4n) is 0.516. The fourth-order valence-corrected chi connectivity index (χ4v) is 0.516. The minimum Gasteiger partial charge on any atom is -0.322 e. The van der Waals surface area contributed by atoms with Crippen molar-refractivity contribution in [3.05, 3.63) is 11.8 Å². The topological polar surface area (TPSA) is 35.9 Å². The first-order valence-electron chi connectivity index (χ1n) is 3.18. The van der Waals surface area contributed by atoms with Gasteiger partial charge >= 0.3 is 0 Å². The Morgan fingerprint density at radius 1 is 1.80 bits per heavy atom. The van der Waals surface area contributed by atoms with E-state index in [2.05, 4.69) is 11.4 Å². The van der Waals surface area contributed by atoms with Crippen molar-refractivity contribution in [3.63, 3.8) is 0 Å². The number of terminal acetylenes is 1. The second-order valence-corrected chi connectivity index (χ2v) is 1.95. The van der Waals surface area contributed by atoms with Crippen LogP contribution in [0, 0.1) is 17.9 Å². The van der Waals surface area contributed by atoms with Crippen LogP contribution in [0.25, 0.3) is 0 Å². The van der Waals surface area contributed by atoms with Gasteiger partial charge in [-0.1, -0.05) is 13.3 Å². The van der Waals surface area contributed by atoms with E-state index in [4.69, 9.17) is 11.8 Å². The second kappa shape index (κ2) is 4.63. The van der Waals surface area contributed by atoms with E-state index in [0.29, 0.717) is 5.71 Å². The molecule has 0 aromatic carbocycles. The average molecular weight is 136 g/mol. The molecule has 0 aromatic heterocycles. The molecule has 0 spiro atoms. The zero-order valence-electron chi connectivity index (χ0n) is 6.36. The molecule has 0 aliphatic rings. The molecule has 0 heterocycles. The quantitative estimate of drug-likeness (QED) is 0.344. The molecule has 0 saturated heterocycles. The molecular formula is C8H12N2. The molecule has 0 radical (unpaired) electrons. The van der Waals surface area contributed by atoms with Crippen LogP contribution in [0.3, 0.4) is 0 Å². The van der Waals surface area contributed by atoms with E-state index in [1.165, 1.54) is 0 Å². The zero-order valence-corrected chi connectivity index (χ0v) is 6.36. The third-order valence-corrected chi connectivity index (χ3v) is 1.20. The number of hydrogen-bond acceptors (Lipinski definition) is 2. The minimum absolute atomic E-state index is 0.614. The van der Waals surface area contributed by atoms with Crippen molar-refractivity contribution in [1.82, 2.24) is 5.32 Å². The lowest BCUT2D eigenvalue weighted by Gasteiger charge is -1.97. The van der Waals surface area contributed by atoms with E-state index in [9.17, 15) is 0 Å². The molecule has 0 saturated carbocycles. The van der Waals surface area contributed by atoms with Gasteiger partial charge in [-0.2, -0.15) is 0 Å². The van der Waals surface area contributed by atoms with Gasteiger partial charge < -0.3 is 10.7 Å². The third kappa shape index (κ3) is 2.93. The van der Waals surface area contributed by atoms with Gasteiger partial charge in [-0.05, 0) is 18.9 Å². The second-order valence-electron chi connectivity index (χ2n) is 1.95. The Kier molecular flexibility index (Phi) is 4.06. The van der Waals surface area contributed by atoms with Gasteiger partial charge in [0.05, 0.1) is 0 Å². The van der Waals surface area contributed by atoms with Gasteiger partial charge in [-0.3, -0.25) is 0 Å². The van der Waals surface area contributed by atoms with E-state index < -0.39 is 0 Å². The van der Waals surface area contributed by atoms with Gasteiger partial charge in [-0.25, -0.2) is 0 Å². The smallest absolute Gasteiger partial charge is 0.0355 e. The first kappa shape index (κ1) is 8.77. The number of rotatable bonds is 3. The third-order valence-electron chi connectivity index (χ3n) is 1.20. The lowest BCUT2D eigenvalue weighted by Crippen LogP contribution is -2.01. The van der Waals surface area contributed by atoms with Crippen LogP contribution in [0.4, 0.5) is 0 Å². The summed E-state index contributed by atoms with van der Waals surface area (Å²) in [6, 6.07) is 2.25. The molecule has 0 aliphatic heterocycles. The maximum Gasteiger partial charge on any atom is 0.0355 e. The molecule has 0 aliphatic carbocycles. The zero-order chi connectivity index (χ0) is 7.98. The number of hydrogen-bond donors (Lipinski definition) is 2. The maximum absolute atomic E-state index is 7.34. The summed E-state index contributed by atoms with van der Waals surface area (Å²) in [5.74, 6) is 0.